The van der Waals surface area contributed by atoms with Gasteiger partial charge in [-0.1, -0.05) is 6.92 Å². The lowest BCUT2D eigenvalue weighted by Gasteiger charge is -2.22. The predicted octanol–water partition coefficient (Wildman–Crippen LogP) is 1.81. The maximum absolute atomic E-state index is 12.3. The molecule has 1 rings (SSSR count). The van der Waals surface area contributed by atoms with E-state index < -0.39 is 17.6 Å². The monoisotopic (exact) mass is 293 g/mol. The van der Waals surface area contributed by atoms with Crippen LogP contribution in [-0.2, 0) is 16.0 Å². The molecule has 21 heavy (non-hydrogen) atoms. The number of ether oxygens (including phenoxy) is 1. The number of carbonyl (C=O) groups excluding carboxylic acids is 2. The van der Waals surface area contributed by atoms with Gasteiger partial charge in [-0.3, -0.25) is 4.79 Å². The number of rotatable bonds is 4. The topological polar surface area (TPSA) is 81.2 Å². The van der Waals surface area contributed by atoms with Gasteiger partial charge < -0.3 is 10.1 Å². The number of aromatic nitrogens is 2. The minimum atomic E-state index is -0.727. The third kappa shape index (κ3) is 5.13. The second kappa shape index (κ2) is 6.65. The van der Waals surface area contributed by atoms with Gasteiger partial charge in [0.2, 0.25) is 0 Å². The highest BCUT2D eigenvalue weighted by Gasteiger charge is 2.24. The summed E-state index contributed by atoms with van der Waals surface area (Å²) in [6, 6.07) is 0.943. The van der Waals surface area contributed by atoms with E-state index in [9.17, 15) is 9.59 Å². The summed E-state index contributed by atoms with van der Waals surface area (Å²) in [4.78, 5) is 24.2. The van der Waals surface area contributed by atoms with Crippen molar-refractivity contribution in [2.75, 3.05) is 0 Å². The van der Waals surface area contributed by atoms with E-state index in [1.54, 1.807) is 40.7 Å². The van der Waals surface area contributed by atoms with Gasteiger partial charge in [0.1, 0.15) is 11.6 Å². The molecule has 116 valence electrons. The van der Waals surface area contributed by atoms with Crippen LogP contribution in [0.1, 0.15) is 56.4 Å². The molecule has 1 heterocycles. The van der Waals surface area contributed by atoms with Crippen LogP contribution in [0.25, 0.3) is 0 Å². The van der Waals surface area contributed by atoms with E-state index in [4.69, 9.17) is 4.74 Å². The summed E-state index contributed by atoms with van der Waals surface area (Å²) >= 11 is 0. The number of amides is 1. The van der Waals surface area contributed by atoms with Crippen molar-refractivity contribution in [3.05, 3.63) is 23.0 Å². The zero-order valence-electron chi connectivity index (χ0n) is 13.5. The fourth-order valence-corrected chi connectivity index (χ4v) is 1.70. The first-order valence-corrected chi connectivity index (χ1v) is 7.01. The fourth-order valence-electron chi connectivity index (χ4n) is 1.70. The van der Waals surface area contributed by atoms with Crippen LogP contribution in [0.15, 0.2) is 6.07 Å². The second-order valence-electron chi connectivity index (χ2n) is 5.93. The molecule has 0 aliphatic carbocycles. The summed E-state index contributed by atoms with van der Waals surface area (Å²) in [5.41, 5.74) is 1.12. The van der Waals surface area contributed by atoms with Crippen molar-refractivity contribution in [2.24, 2.45) is 0 Å². The van der Waals surface area contributed by atoms with E-state index in [0.717, 1.165) is 0 Å². The van der Waals surface area contributed by atoms with Crippen LogP contribution in [0.2, 0.25) is 0 Å². The first kappa shape index (κ1) is 17.1. The van der Waals surface area contributed by atoms with Crippen LogP contribution < -0.4 is 5.32 Å². The Morgan fingerprint density at radius 2 is 1.95 bits per heavy atom. The molecule has 1 atom stereocenters. The van der Waals surface area contributed by atoms with E-state index in [1.807, 2.05) is 6.92 Å². The molecular formula is C15H23N3O3. The number of carbonyl (C=O) groups is 2. The van der Waals surface area contributed by atoms with Crippen LogP contribution in [0.5, 0.6) is 0 Å². The Labute approximate surface area is 125 Å². The Morgan fingerprint density at radius 3 is 2.48 bits per heavy atom. The average molecular weight is 293 g/mol. The Kier molecular flexibility index (Phi) is 5.41. The largest absolute Gasteiger partial charge is 0.458 e. The number of hydrogen-bond acceptors (Lipinski definition) is 5. The molecule has 0 aliphatic rings. The van der Waals surface area contributed by atoms with E-state index in [-0.39, 0.29) is 5.91 Å². The Balaban J connectivity index is 2.81. The summed E-state index contributed by atoms with van der Waals surface area (Å²) < 4.78 is 5.23. The van der Waals surface area contributed by atoms with Crippen molar-refractivity contribution < 1.29 is 14.3 Å². The van der Waals surface area contributed by atoms with Crippen LogP contribution in [0, 0.1) is 6.92 Å². The highest BCUT2D eigenvalue weighted by molar-refractivity contribution is 5.97. The number of nitrogens with zero attached hydrogens (tertiary/aromatic N) is 2. The van der Waals surface area contributed by atoms with Gasteiger partial charge >= 0.3 is 5.97 Å². The number of hydrogen-bond donors (Lipinski definition) is 1. The molecule has 0 radical (unpaired) electrons. The normalized spacial score (nSPS) is 12.7. The summed E-state index contributed by atoms with van der Waals surface area (Å²) in [6.45, 7) is 10.6. The van der Waals surface area contributed by atoms with E-state index in [0.29, 0.717) is 23.4 Å². The first-order chi connectivity index (χ1) is 9.64. The Hall–Kier alpha value is -1.98. The molecule has 0 aromatic carbocycles. The quantitative estimate of drug-likeness (QED) is 0.856. The summed E-state index contributed by atoms with van der Waals surface area (Å²) in [5.74, 6) is -0.809. The summed E-state index contributed by atoms with van der Waals surface area (Å²) in [6.07, 6.45) is 0.594. The van der Waals surface area contributed by atoms with Crippen molar-refractivity contribution >= 4 is 11.9 Å². The number of esters is 1. The molecule has 1 aromatic heterocycles. The zero-order valence-corrected chi connectivity index (χ0v) is 13.5. The van der Waals surface area contributed by atoms with Gasteiger partial charge in [-0.15, -0.1) is 0 Å². The van der Waals surface area contributed by atoms with Crippen LogP contribution in [-0.4, -0.2) is 33.7 Å². The maximum Gasteiger partial charge on any atom is 0.328 e. The van der Waals surface area contributed by atoms with Crippen molar-refractivity contribution in [1.29, 1.82) is 0 Å². The van der Waals surface area contributed by atoms with Crippen molar-refractivity contribution in [3.63, 3.8) is 0 Å². The van der Waals surface area contributed by atoms with Gasteiger partial charge in [-0.25, -0.2) is 4.79 Å². The SMILES string of the molecule is CCc1nnc(C)cc1C(=O)N[C@@H](C)C(=O)OC(C)(C)C. The minimum absolute atomic E-state index is 0.344. The van der Waals surface area contributed by atoms with Crippen molar-refractivity contribution in [3.8, 4) is 0 Å². The molecule has 1 N–H and O–H groups in total. The van der Waals surface area contributed by atoms with Crippen LogP contribution in [0.3, 0.4) is 0 Å². The highest BCUT2D eigenvalue weighted by Crippen LogP contribution is 2.10. The maximum atomic E-state index is 12.3. The third-order valence-corrected chi connectivity index (χ3v) is 2.68. The van der Waals surface area contributed by atoms with Crippen molar-refractivity contribution in [2.45, 2.75) is 59.6 Å². The molecule has 6 nitrogen and oxygen atoms in total. The minimum Gasteiger partial charge on any atom is -0.458 e. The molecule has 0 saturated carbocycles. The lowest BCUT2D eigenvalue weighted by molar-refractivity contribution is -0.156. The first-order valence-electron chi connectivity index (χ1n) is 7.01. The molecule has 0 fully saturated rings. The average Bonchev–Trinajstić information content (AvgIpc) is 2.36. The van der Waals surface area contributed by atoms with E-state index in [2.05, 4.69) is 15.5 Å². The molecule has 0 unspecified atom stereocenters. The third-order valence-electron chi connectivity index (χ3n) is 2.68. The molecule has 0 bridgehead atoms. The van der Waals surface area contributed by atoms with Crippen LogP contribution >= 0.6 is 0 Å². The Bertz CT molecular complexity index is 535. The Morgan fingerprint density at radius 1 is 1.33 bits per heavy atom. The van der Waals surface area contributed by atoms with Gasteiger partial charge in [-0.2, -0.15) is 10.2 Å². The van der Waals surface area contributed by atoms with Gasteiger partial charge in [0, 0.05) is 0 Å². The van der Waals surface area contributed by atoms with Crippen LogP contribution in [0.4, 0.5) is 0 Å². The summed E-state index contributed by atoms with van der Waals surface area (Å²) in [7, 11) is 0. The van der Waals surface area contributed by atoms with E-state index >= 15 is 0 Å². The van der Waals surface area contributed by atoms with Crippen molar-refractivity contribution in [1.82, 2.24) is 15.5 Å². The van der Waals surface area contributed by atoms with Gasteiger partial charge in [-0.05, 0) is 47.1 Å². The molecular weight excluding hydrogens is 270 g/mol. The number of nitrogens with one attached hydrogen (secondary N) is 1. The smallest absolute Gasteiger partial charge is 0.328 e. The van der Waals surface area contributed by atoms with Gasteiger partial charge in [0.25, 0.3) is 5.91 Å². The summed E-state index contributed by atoms with van der Waals surface area (Å²) in [5, 5.41) is 10.6. The lowest BCUT2D eigenvalue weighted by Crippen LogP contribution is -2.42. The standard InChI is InChI=1S/C15H23N3O3/c1-7-12-11(8-9(2)17-18-12)13(19)16-10(3)14(20)21-15(4,5)6/h8,10H,7H2,1-6H3,(H,16,19)/t10-/m0/s1. The zero-order chi connectivity index (χ0) is 16.2. The van der Waals surface area contributed by atoms with E-state index in [1.165, 1.54) is 0 Å². The van der Waals surface area contributed by atoms with Gasteiger partial charge in [0.05, 0.1) is 17.0 Å². The molecule has 0 saturated heterocycles. The number of aryl methyl sites for hydroxylation is 2. The van der Waals surface area contributed by atoms with Gasteiger partial charge in [0.15, 0.2) is 0 Å². The molecule has 0 aliphatic heterocycles. The fraction of sp³-hybridized carbons (Fsp3) is 0.600. The molecule has 1 aromatic rings. The molecule has 6 heteroatoms. The second-order valence-corrected chi connectivity index (χ2v) is 5.93. The molecule has 1 amide bonds. The molecule has 0 spiro atoms. The highest BCUT2D eigenvalue weighted by atomic mass is 16.6. The predicted molar refractivity (Wildman–Crippen MR) is 78.9 cm³/mol. The lowest BCUT2D eigenvalue weighted by atomic mass is 10.1.